The fourth-order valence-corrected chi connectivity index (χ4v) is 6.61. The number of hydrogen-bond acceptors (Lipinski definition) is 10. The molecule has 4 rings (SSSR count). The van der Waals surface area contributed by atoms with Gasteiger partial charge in [-0.1, -0.05) is 0 Å². The van der Waals surface area contributed by atoms with Crippen molar-refractivity contribution in [3.63, 3.8) is 0 Å². The van der Waals surface area contributed by atoms with E-state index in [1.54, 1.807) is 20.1 Å². The quantitative estimate of drug-likeness (QED) is 0.276. The van der Waals surface area contributed by atoms with Gasteiger partial charge in [0.25, 0.3) is 5.91 Å². The molecule has 0 fully saturated rings. The summed E-state index contributed by atoms with van der Waals surface area (Å²) in [7, 11) is 3.14. The van der Waals surface area contributed by atoms with Gasteiger partial charge in [-0.25, -0.2) is 22.0 Å². The first kappa shape index (κ1) is 35.7. The third kappa shape index (κ3) is 8.43. The zero-order valence-electron chi connectivity index (χ0n) is 27.3. The summed E-state index contributed by atoms with van der Waals surface area (Å²) in [5, 5.41) is 10.4. The zero-order valence-corrected chi connectivity index (χ0v) is 28.2. The Kier molecular flexibility index (Phi) is 11.5. The number of benzene rings is 2. The minimum absolute atomic E-state index is 0.0172. The number of nitrogens with zero attached hydrogens (tertiary/aromatic N) is 5. The number of amides is 1. The highest BCUT2D eigenvalue weighted by atomic mass is 32.2. The second-order valence-electron chi connectivity index (χ2n) is 11.5. The van der Waals surface area contributed by atoms with Crippen LogP contribution < -0.4 is 15.5 Å². The van der Waals surface area contributed by atoms with E-state index in [4.69, 9.17) is 9.47 Å². The van der Waals surface area contributed by atoms with E-state index >= 15 is 0 Å². The van der Waals surface area contributed by atoms with Crippen molar-refractivity contribution in [1.82, 2.24) is 19.0 Å². The van der Waals surface area contributed by atoms with Crippen LogP contribution in [0.15, 0.2) is 41.3 Å². The van der Waals surface area contributed by atoms with Gasteiger partial charge < -0.3 is 29.9 Å². The Morgan fingerprint density at radius 1 is 1.09 bits per heavy atom. The molecule has 0 aliphatic carbocycles. The van der Waals surface area contributed by atoms with Gasteiger partial charge in [-0.15, -0.1) is 5.10 Å². The summed E-state index contributed by atoms with van der Waals surface area (Å²) in [6, 6.07) is 7.24. The van der Waals surface area contributed by atoms with Crippen LogP contribution in [0.1, 0.15) is 35.5 Å². The van der Waals surface area contributed by atoms with Crippen LogP contribution in [0.4, 0.5) is 30.8 Å². The first-order chi connectivity index (χ1) is 22.2. The van der Waals surface area contributed by atoms with Gasteiger partial charge in [0.05, 0.1) is 29.4 Å². The first-order valence-corrected chi connectivity index (χ1v) is 16.5. The van der Waals surface area contributed by atoms with Crippen molar-refractivity contribution in [3.05, 3.63) is 64.9 Å². The van der Waals surface area contributed by atoms with Crippen molar-refractivity contribution in [2.24, 2.45) is 0 Å². The van der Waals surface area contributed by atoms with Crippen molar-refractivity contribution in [3.8, 4) is 0 Å². The average Bonchev–Trinajstić information content (AvgIpc) is 3.37. The molecule has 1 aliphatic rings. The van der Waals surface area contributed by atoms with E-state index in [1.807, 2.05) is 40.2 Å². The molecule has 47 heavy (non-hydrogen) atoms. The van der Waals surface area contributed by atoms with Crippen LogP contribution in [0, 0.1) is 11.6 Å². The van der Waals surface area contributed by atoms with E-state index in [9.17, 15) is 26.8 Å². The highest BCUT2D eigenvalue weighted by Gasteiger charge is 2.35. The summed E-state index contributed by atoms with van der Waals surface area (Å²) in [5.41, 5.74) is 2.26. The molecule has 16 heteroatoms. The Hall–Kier alpha value is -4.12. The smallest absolute Gasteiger partial charge is 0.434 e. The van der Waals surface area contributed by atoms with Gasteiger partial charge in [0.15, 0.2) is 5.82 Å². The Morgan fingerprint density at radius 3 is 2.43 bits per heavy atom. The van der Waals surface area contributed by atoms with E-state index in [2.05, 4.69) is 25.5 Å². The maximum absolute atomic E-state index is 13.9. The lowest BCUT2D eigenvalue weighted by Gasteiger charge is -2.27. The number of rotatable bonds is 13. The molecule has 1 amide bonds. The highest BCUT2D eigenvalue weighted by molar-refractivity contribution is 7.89. The van der Waals surface area contributed by atoms with E-state index in [-0.39, 0.29) is 49.1 Å². The summed E-state index contributed by atoms with van der Waals surface area (Å²) in [4.78, 5) is 30.2. The third-order valence-corrected chi connectivity index (χ3v) is 9.38. The van der Waals surface area contributed by atoms with Gasteiger partial charge >= 0.3 is 6.09 Å². The van der Waals surface area contributed by atoms with Crippen LogP contribution >= 0.6 is 0 Å². The predicted molar refractivity (Wildman–Crippen MR) is 173 cm³/mol. The lowest BCUT2D eigenvalue weighted by molar-refractivity contribution is 0.102. The summed E-state index contributed by atoms with van der Waals surface area (Å²) < 4.78 is 67.2. The number of ether oxygens (including phenoxy) is 2. The molecule has 2 aromatic carbocycles. The Balaban J connectivity index is 1.70. The first-order valence-electron chi connectivity index (χ1n) is 15.1. The van der Waals surface area contributed by atoms with Crippen LogP contribution in [-0.4, -0.2) is 107 Å². The average molecular weight is 678 g/mol. The molecule has 256 valence electrons. The molecular formula is C31H41F2N7O6S. The van der Waals surface area contributed by atoms with Crippen LogP contribution in [-0.2, 0) is 32.5 Å². The number of aromatic nitrogens is 2. The zero-order chi connectivity index (χ0) is 34.5. The molecule has 0 spiro atoms. The topological polar surface area (TPSA) is 138 Å². The third-order valence-electron chi connectivity index (χ3n) is 7.56. The minimum atomic E-state index is -4.36. The van der Waals surface area contributed by atoms with Crippen LogP contribution in [0.3, 0.4) is 0 Å². The number of nitrogens with one attached hydrogen (secondary N) is 2. The van der Waals surface area contributed by atoms with Crippen molar-refractivity contribution in [2.75, 3.05) is 76.6 Å². The van der Waals surface area contributed by atoms with E-state index in [0.717, 1.165) is 39.9 Å². The predicted octanol–water partition coefficient (Wildman–Crippen LogP) is 3.61. The van der Waals surface area contributed by atoms with Gasteiger partial charge in [0.1, 0.15) is 11.6 Å². The van der Waals surface area contributed by atoms with Crippen LogP contribution in [0.25, 0.3) is 0 Å². The normalized spacial score (nSPS) is 14.1. The second-order valence-corrected chi connectivity index (χ2v) is 13.4. The molecular weight excluding hydrogens is 636 g/mol. The monoisotopic (exact) mass is 677 g/mol. The van der Waals surface area contributed by atoms with Gasteiger partial charge in [-0.2, -0.15) is 8.99 Å². The molecule has 1 atom stereocenters. The Morgan fingerprint density at radius 2 is 1.79 bits per heavy atom. The summed E-state index contributed by atoms with van der Waals surface area (Å²) in [5.74, 6) is -2.69. The van der Waals surface area contributed by atoms with Crippen molar-refractivity contribution < 1.29 is 36.3 Å². The number of halogens is 2. The largest absolute Gasteiger partial charge is 0.448 e. The van der Waals surface area contributed by atoms with Crippen LogP contribution in [0.2, 0.25) is 0 Å². The summed E-state index contributed by atoms with van der Waals surface area (Å²) >= 11 is 0. The molecule has 2 heterocycles. The molecule has 1 aliphatic heterocycles. The number of methoxy groups -OCH3 is 1. The molecule has 1 aromatic heterocycles. The molecule has 0 saturated carbocycles. The molecule has 0 saturated heterocycles. The standard InChI is InChI=1S/C31H41F2N7O6S/c1-7-46-31(42)40-28-10-11-39(47(43,44)24-15-21(32)14-22(33)16-24)18-26(28)29(36-40)35-30(41)25-9-8-23(38(5)13-12-37(3)4)17-27(25)34-20(2)19-45-6/h8-9,14-17,20,34H,7,10-13,18-19H2,1-6H3,(H,35,36,41). The van der Waals surface area contributed by atoms with E-state index in [0.29, 0.717) is 24.1 Å². The molecule has 1 unspecified atom stereocenters. The van der Waals surface area contributed by atoms with Crippen molar-refractivity contribution >= 4 is 39.2 Å². The Labute approximate surface area is 273 Å². The highest BCUT2D eigenvalue weighted by Crippen LogP contribution is 2.32. The van der Waals surface area contributed by atoms with E-state index in [1.165, 1.54) is 0 Å². The molecule has 0 bridgehead atoms. The molecule has 3 aromatic rings. The molecule has 2 N–H and O–H groups in total. The number of likely N-dealkylation sites (N-methyl/N-ethyl adjacent to an activating group) is 2. The van der Waals surface area contributed by atoms with Crippen LogP contribution in [0.5, 0.6) is 0 Å². The minimum Gasteiger partial charge on any atom is -0.448 e. The lowest BCUT2D eigenvalue weighted by Crippen LogP contribution is -2.37. The van der Waals surface area contributed by atoms with E-state index < -0.39 is 38.6 Å². The Bertz CT molecular complexity index is 1700. The molecule has 0 radical (unpaired) electrons. The van der Waals surface area contributed by atoms with Gasteiger partial charge in [0.2, 0.25) is 10.0 Å². The number of fused-ring (bicyclic) bond motifs is 1. The number of sulfonamides is 1. The van der Waals surface area contributed by atoms with Crippen molar-refractivity contribution in [1.29, 1.82) is 0 Å². The number of hydrogen-bond donors (Lipinski definition) is 2. The van der Waals surface area contributed by atoms with Gasteiger partial charge in [-0.05, 0) is 58.3 Å². The number of carbonyl (C=O) groups is 2. The summed E-state index contributed by atoms with van der Waals surface area (Å²) in [6.07, 6.45) is -0.780. The van der Waals surface area contributed by atoms with Gasteiger partial charge in [-0.3, -0.25) is 4.79 Å². The maximum Gasteiger partial charge on any atom is 0.434 e. The van der Waals surface area contributed by atoms with Gasteiger partial charge in [0, 0.05) is 75.8 Å². The number of carbonyl (C=O) groups excluding carboxylic acids is 2. The fourth-order valence-electron chi connectivity index (χ4n) is 5.16. The fraction of sp³-hybridized carbons (Fsp3) is 0.452. The summed E-state index contributed by atoms with van der Waals surface area (Å²) in [6.45, 7) is 5.09. The molecule has 13 nitrogen and oxygen atoms in total. The number of anilines is 3. The maximum atomic E-state index is 13.9. The SMILES string of the molecule is CCOC(=O)n1nc(NC(=O)c2ccc(N(C)CCN(C)C)cc2NC(C)COC)c2c1CCN(S(=O)(=O)c1cc(F)cc(F)c1)C2. The van der Waals surface area contributed by atoms with Crippen molar-refractivity contribution in [2.45, 2.75) is 37.8 Å². The second kappa shape index (κ2) is 15.2. The lowest BCUT2D eigenvalue weighted by atomic mass is 10.1.